The molecule has 0 amide bonds. The van der Waals surface area contributed by atoms with E-state index in [9.17, 15) is 5.11 Å². The zero-order valence-electron chi connectivity index (χ0n) is 11.1. The van der Waals surface area contributed by atoms with E-state index >= 15 is 0 Å². The van der Waals surface area contributed by atoms with Crippen LogP contribution >= 0.6 is 0 Å². The van der Waals surface area contributed by atoms with Crippen LogP contribution in [-0.2, 0) is 13.5 Å². The molecule has 1 N–H and O–H groups in total. The van der Waals surface area contributed by atoms with Crippen LogP contribution in [0.25, 0.3) is 5.69 Å². The highest BCUT2D eigenvalue weighted by molar-refractivity contribution is 5.28. The first-order valence-corrected chi connectivity index (χ1v) is 6.35. The van der Waals surface area contributed by atoms with Gasteiger partial charge in [-0.2, -0.15) is 20.1 Å². The van der Waals surface area contributed by atoms with E-state index < -0.39 is 6.10 Å². The molecule has 0 radical (unpaired) electrons. The Bertz CT molecular complexity index is 688. The van der Waals surface area contributed by atoms with Crippen molar-refractivity contribution in [3.63, 3.8) is 0 Å². The molecule has 0 bridgehead atoms. The Kier molecular flexibility index (Phi) is 3.30. The van der Waals surface area contributed by atoms with Crippen molar-refractivity contribution in [2.75, 3.05) is 0 Å². The summed E-state index contributed by atoms with van der Waals surface area (Å²) in [6, 6.07) is 9.61. The van der Waals surface area contributed by atoms with Crippen molar-refractivity contribution < 1.29 is 5.11 Å². The van der Waals surface area contributed by atoms with Gasteiger partial charge in [0.05, 0.1) is 18.1 Å². The molecule has 2 aromatic heterocycles. The van der Waals surface area contributed by atoms with Gasteiger partial charge in [0.15, 0.2) is 0 Å². The Morgan fingerprint density at radius 1 is 1.15 bits per heavy atom. The maximum absolute atomic E-state index is 10.2. The van der Waals surface area contributed by atoms with Gasteiger partial charge < -0.3 is 5.11 Å². The Morgan fingerprint density at radius 2 is 1.95 bits per heavy atom. The number of aliphatic hydroxyl groups excluding tert-OH is 1. The lowest BCUT2D eigenvalue weighted by Gasteiger charge is -2.04. The highest BCUT2D eigenvalue weighted by Crippen LogP contribution is 2.16. The van der Waals surface area contributed by atoms with E-state index in [1.54, 1.807) is 17.1 Å². The molecule has 0 aliphatic rings. The van der Waals surface area contributed by atoms with Gasteiger partial charge in [-0.3, -0.25) is 4.68 Å². The summed E-state index contributed by atoms with van der Waals surface area (Å²) in [6.07, 6.45) is 5.00. The van der Waals surface area contributed by atoms with Gasteiger partial charge in [0.25, 0.3) is 0 Å². The van der Waals surface area contributed by atoms with E-state index in [-0.39, 0.29) is 0 Å². The molecule has 20 heavy (non-hydrogen) atoms. The van der Waals surface area contributed by atoms with Crippen LogP contribution < -0.4 is 0 Å². The second-order valence-electron chi connectivity index (χ2n) is 4.64. The highest BCUT2D eigenvalue weighted by Gasteiger charge is 2.14. The Morgan fingerprint density at radius 3 is 2.65 bits per heavy atom. The molecular formula is C14H15N5O. The number of benzene rings is 1. The maximum Gasteiger partial charge on any atom is 0.112 e. The standard InChI is InChI=1S/C14H15N5O/c1-18-10-11(8-15-18)7-14(20)13-9-16-19(17-13)12-5-3-2-4-6-12/h2-6,8-10,14,20H,7H2,1H3. The minimum absolute atomic E-state index is 0.474. The van der Waals surface area contributed by atoms with Crippen LogP contribution in [0.4, 0.5) is 0 Å². The molecule has 0 spiro atoms. The predicted molar refractivity (Wildman–Crippen MR) is 73.2 cm³/mol. The molecule has 102 valence electrons. The third-order valence-electron chi connectivity index (χ3n) is 3.03. The molecule has 6 nitrogen and oxygen atoms in total. The van der Waals surface area contributed by atoms with Gasteiger partial charge in [0.2, 0.25) is 0 Å². The largest absolute Gasteiger partial charge is 0.386 e. The summed E-state index contributed by atoms with van der Waals surface area (Å²) in [6.45, 7) is 0. The van der Waals surface area contributed by atoms with Crippen LogP contribution in [0.2, 0.25) is 0 Å². The van der Waals surface area contributed by atoms with Crippen LogP contribution in [0.3, 0.4) is 0 Å². The van der Waals surface area contributed by atoms with Crippen LogP contribution in [-0.4, -0.2) is 29.9 Å². The Hall–Kier alpha value is -2.47. The molecule has 2 heterocycles. The minimum Gasteiger partial charge on any atom is -0.386 e. The normalized spacial score (nSPS) is 12.5. The van der Waals surface area contributed by atoms with Crippen molar-refractivity contribution in [3.8, 4) is 5.69 Å². The molecule has 0 aliphatic heterocycles. The molecule has 0 aliphatic carbocycles. The molecule has 1 atom stereocenters. The van der Waals surface area contributed by atoms with Gasteiger partial charge in [-0.1, -0.05) is 18.2 Å². The fourth-order valence-corrected chi connectivity index (χ4v) is 2.02. The lowest BCUT2D eigenvalue weighted by atomic mass is 10.1. The minimum atomic E-state index is -0.684. The number of aromatic nitrogens is 5. The van der Waals surface area contributed by atoms with Crippen LogP contribution in [0.5, 0.6) is 0 Å². The number of aryl methyl sites for hydroxylation is 1. The van der Waals surface area contributed by atoms with Crippen molar-refractivity contribution in [3.05, 3.63) is 60.2 Å². The summed E-state index contributed by atoms with van der Waals surface area (Å²) in [4.78, 5) is 1.52. The molecule has 1 aromatic carbocycles. The SMILES string of the molecule is Cn1cc(CC(O)c2cnn(-c3ccccc3)n2)cn1. The third kappa shape index (κ3) is 2.60. The quantitative estimate of drug-likeness (QED) is 0.774. The number of rotatable bonds is 4. The summed E-state index contributed by atoms with van der Waals surface area (Å²) in [5, 5.41) is 22.8. The van der Waals surface area contributed by atoms with Gasteiger partial charge in [-0.05, 0) is 17.7 Å². The van der Waals surface area contributed by atoms with Crippen molar-refractivity contribution in [2.45, 2.75) is 12.5 Å². The molecule has 0 saturated heterocycles. The van der Waals surface area contributed by atoms with Crippen LogP contribution in [0.1, 0.15) is 17.4 Å². The number of hydrogen-bond acceptors (Lipinski definition) is 4. The monoisotopic (exact) mass is 269 g/mol. The lowest BCUT2D eigenvalue weighted by molar-refractivity contribution is 0.173. The zero-order chi connectivity index (χ0) is 13.9. The highest BCUT2D eigenvalue weighted by atomic mass is 16.3. The van der Waals surface area contributed by atoms with Crippen molar-refractivity contribution in [1.82, 2.24) is 24.8 Å². The number of para-hydroxylation sites is 1. The Labute approximate surface area is 116 Å². The lowest BCUT2D eigenvalue weighted by Crippen LogP contribution is -2.04. The molecule has 1 unspecified atom stereocenters. The van der Waals surface area contributed by atoms with Crippen LogP contribution in [0, 0.1) is 0 Å². The molecule has 0 fully saturated rings. The topological polar surface area (TPSA) is 68.8 Å². The summed E-state index contributed by atoms with van der Waals surface area (Å²) < 4.78 is 1.71. The van der Waals surface area contributed by atoms with Crippen molar-refractivity contribution in [2.24, 2.45) is 7.05 Å². The van der Waals surface area contributed by atoms with Crippen LogP contribution in [0.15, 0.2) is 48.9 Å². The van der Waals surface area contributed by atoms with Crippen molar-refractivity contribution >= 4 is 0 Å². The number of hydrogen-bond donors (Lipinski definition) is 1. The molecule has 6 heteroatoms. The van der Waals surface area contributed by atoms with Gasteiger partial charge in [-0.15, -0.1) is 0 Å². The summed E-state index contributed by atoms with van der Waals surface area (Å²) in [7, 11) is 1.85. The molecule has 3 rings (SSSR count). The van der Waals surface area contributed by atoms with E-state index in [2.05, 4.69) is 15.3 Å². The predicted octanol–water partition coefficient (Wildman–Crippen LogP) is 1.28. The summed E-state index contributed by atoms with van der Waals surface area (Å²) in [5.74, 6) is 0. The first-order valence-electron chi connectivity index (χ1n) is 6.35. The summed E-state index contributed by atoms with van der Waals surface area (Å²) in [5.41, 5.74) is 2.39. The number of aliphatic hydroxyl groups is 1. The second kappa shape index (κ2) is 5.26. The van der Waals surface area contributed by atoms with Crippen molar-refractivity contribution in [1.29, 1.82) is 0 Å². The van der Waals surface area contributed by atoms with E-state index in [0.29, 0.717) is 12.1 Å². The van der Waals surface area contributed by atoms with Gasteiger partial charge in [-0.25, -0.2) is 0 Å². The second-order valence-corrected chi connectivity index (χ2v) is 4.64. The number of nitrogens with zero attached hydrogens (tertiary/aromatic N) is 5. The molecule has 0 saturated carbocycles. The maximum atomic E-state index is 10.2. The average molecular weight is 269 g/mol. The summed E-state index contributed by atoms with van der Waals surface area (Å²) >= 11 is 0. The fourth-order valence-electron chi connectivity index (χ4n) is 2.02. The molecular weight excluding hydrogens is 254 g/mol. The zero-order valence-corrected chi connectivity index (χ0v) is 11.1. The molecule has 3 aromatic rings. The Balaban J connectivity index is 1.76. The van der Waals surface area contributed by atoms with E-state index in [4.69, 9.17) is 0 Å². The van der Waals surface area contributed by atoms with Gasteiger partial charge >= 0.3 is 0 Å². The van der Waals surface area contributed by atoms with Gasteiger partial charge in [0.1, 0.15) is 11.8 Å². The van der Waals surface area contributed by atoms with Gasteiger partial charge in [0, 0.05) is 19.7 Å². The van der Waals surface area contributed by atoms with E-state index in [0.717, 1.165) is 11.3 Å². The average Bonchev–Trinajstić information content (AvgIpc) is 3.09. The fraction of sp³-hybridized carbons (Fsp3) is 0.214. The first kappa shape index (κ1) is 12.6. The van der Waals surface area contributed by atoms with E-state index in [1.165, 1.54) is 4.80 Å². The first-order chi connectivity index (χ1) is 9.72. The van der Waals surface area contributed by atoms with E-state index in [1.807, 2.05) is 43.6 Å². The smallest absolute Gasteiger partial charge is 0.112 e. The third-order valence-corrected chi connectivity index (χ3v) is 3.03.